The molecule has 0 radical (unpaired) electrons. The average molecular weight is 274 g/mol. The first-order valence-corrected chi connectivity index (χ1v) is 5.49. The van der Waals surface area contributed by atoms with Crippen LogP contribution in [0.25, 0.3) is 10.2 Å². The van der Waals surface area contributed by atoms with E-state index in [1.54, 1.807) is 7.11 Å². The maximum Gasteiger partial charge on any atom is 0.239 e. The van der Waals surface area contributed by atoms with Crippen LogP contribution in [0.15, 0.2) is 18.2 Å². The van der Waals surface area contributed by atoms with E-state index in [1.807, 2.05) is 18.2 Å². The molecule has 2 aromatic rings. The van der Waals surface area contributed by atoms with E-state index in [0.717, 1.165) is 16.0 Å². The first-order chi connectivity index (χ1) is 7.72. The predicted molar refractivity (Wildman–Crippen MR) is 71.1 cm³/mol. The number of thiazole rings is 1. The molecule has 1 heterocycles. The minimum atomic E-state index is -0.244. The standard InChI is InChI=1S/C10H11N3O2S.ClH/c1-15-6-2-3-7-8(4-6)16-10(12-7)13-9(14)5-11;/h2-4H,5,11H2,1H3,(H,12,13,14);1H. The molecule has 0 atom stereocenters. The summed E-state index contributed by atoms with van der Waals surface area (Å²) in [6, 6.07) is 5.56. The van der Waals surface area contributed by atoms with Gasteiger partial charge in [-0.05, 0) is 18.2 Å². The number of benzene rings is 1. The van der Waals surface area contributed by atoms with Crippen LogP contribution in [0.1, 0.15) is 0 Å². The number of hydrogen-bond donors (Lipinski definition) is 2. The fourth-order valence-electron chi connectivity index (χ4n) is 1.26. The normalized spacial score (nSPS) is 9.76. The highest BCUT2D eigenvalue weighted by Crippen LogP contribution is 2.28. The minimum Gasteiger partial charge on any atom is -0.497 e. The Labute approximate surface area is 108 Å². The second-order valence-corrected chi connectivity index (χ2v) is 4.14. The van der Waals surface area contributed by atoms with E-state index in [0.29, 0.717) is 5.13 Å². The summed E-state index contributed by atoms with van der Waals surface area (Å²) in [4.78, 5) is 15.3. The molecule has 92 valence electrons. The highest BCUT2D eigenvalue weighted by atomic mass is 35.5. The molecule has 0 fully saturated rings. The Morgan fingerprint density at radius 1 is 1.59 bits per heavy atom. The van der Waals surface area contributed by atoms with E-state index in [4.69, 9.17) is 10.5 Å². The lowest BCUT2D eigenvalue weighted by atomic mass is 10.3. The lowest BCUT2D eigenvalue weighted by molar-refractivity contribution is -0.114. The third-order valence-corrected chi connectivity index (χ3v) is 2.96. The second kappa shape index (κ2) is 5.81. The zero-order valence-corrected chi connectivity index (χ0v) is 10.7. The lowest BCUT2D eigenvalue weighted by Crippen LogP contribution is -2.21. The number of nitrogens with zero attached hydrogens (tertiary/aromatic N) is 1. The average Bonchev–Trinajstić information content (AvgIpc) is 2.69. The number of halogens is 1. The van der Waals surface area contributed by atoms with Gasteiger partial charge in [-0.2, -0.15) is 0 Å². The molecular weight excluding hydrogens is 262 g/mol. The monoisotopic (exact) mass is 273 g/mol. The molecule has 3 N–H and O–H groups in total. The molecule has 1 aromatic heterocycles. The number of nitrogens with one attached hydrogen (secondary N) is 1. The van der Waals surface area contributed by atoms with Crippen molar-refractivity contribution in [1.82, 2.24) is 4.98 Å². The molecule has 0 saturated carbocycles. The summed E-state index contributed by atoms with van der Waals surface area (Å²) in [7, 11) is 1.61. The third kappa shape index (κ3) is 3.06. The Morgan fingerprint density at radius 2 is 2.35 bits per heavy atom. The summed E-state index contributed by atoms with van der Waals surface area (Å²) >= 11 is 1.39. The topological polar surface area (TPSA) is 77.2 Å². The number of ether oxygens (including phenoxy) is 1. The minimum absolute atomic E-state index is 0. The number of carbonyl (C=O) groups is 1. The van der Waals surface area contributed by atoms with Crippen LogP contribution < -0.4 is 15.8 Å². The van der Waals surface area contributed by atoms with Crippen molar-refractivity contribution in [3.63, 3.8) is 0 Å². The fourth-order valence-corrected chi connectivity index (χ4v) is 2.17. The van der Waals surface area contributed by atoms with Crippen molar-refractivity contribution in [3.8, 4) is 5.75 Å². The lowest BCUT2D eigenvalue weighted by Gasteiger charge is -1.96. The molecular formula is C10H12ClN3O2S. The van der Waals surface area contributed by atoms with Gasteiger partial charge in [-0.15, -0.1) is 12.4 Å². The quantitative estimate of drug-likeness (QED) is 0.891. The number of carbonyl (C=O) groups excluding carboxylic acids is 1. The molecule has 0 bridgehead atoms. The molecule has 0 aliphatic heterocycles. The van der Waals surface area contributed by atoms with E-state index in [2.05, 4.69) is 10.3 Å². The number of fused-ring (bicyclic) bond motifs is 1. The van der Waals surface area contributed by atoms with E-state index in [9.17, 15) is 4.79 Å². The zero-order valence-electron chi connectivity index (χ0n) is 9.10. The van der Waals surface area contributed by atoms with Crippen molar-refractivity contribution in [2.45, 2.75) is 0 Å². The van der Waals surface area contributed by atoms with Gasteiger partial charge in [-0.1, -0.05) is 11.3 Å². The van der Waals surface area contributed by atoms with Crippen molar-refractivity contribution in [1.29, 1.82) is 0 Å². The van der Waals surface area contributed by atoms with E-state index in [-0.39, 0.29) is 24.9 Å². The Balaban J connectivity index is 0.00000144. The van der Waals surface area contributed by atoms with Crippen molar-refractivity contribution in [2.24, 2.45) is 5.73 Å². The largest absolute Gasteiger partial charge is 0.497 e. The Bertz CT molecular complexity index is 529. The van der Waals surface area contributed by atoms with Crippen LogP contribution in [0.4, 0.5) is 5.13 Å². The maximum absolute atomic E-state index is 11.1. The predicted octanol–water partition coefficient (Wildman–Crippen LogP) is 1.62. The van der Waals surface area contributed by atoms with Crippen LogP contribution in [0.3, 0.4) is 0 Å². The molecule has 7 heteroatoms. The van der Waals surface area contributed by atoms with Crippen LogP contribution in [0.2, 0.25) is 0 Å². The number of anilines is 1. The Hall–Kier alpha value is -1.37. The van der Waals surface area contributed by atoms with Crippen LogP contribution in [0.5, 0.6) is 5.75 Å². The van der Waals surface area contributed by atoms with Gasteiger partial charge in [0.05, 0.1) is 23.9 Å². The van der Waals surface area contributed by atoms with Crippen molar-refractivity contribution in [3.05, 3.63) is 18.2 Å². The van der Waals surface area contributed by atoms with E-state index >= 15 is 0 Å². The first-order valence-electron chi connectivity index (χ1n) is 4.67. The van der Waals surface area contributed by atoms with Gasteiger partial charge in [-0.25, -0.2) is 4.98 Å². The third-order valence-electron chi connectivity index (χ3n) is 2.03. The number of amides is 1. The molecule has 0 spiro atoms. The smallest absolute Gasteiger partial charge is 0.239 e. The SMILES string of the molecule is COc1ccc2nc(NC(=O)CN)sc2c1.Cl. The summed E-state index contributed by atoms with van der Waals surface area (Å²) in [5, 5.41) is 3.18. The van der Waals surface area contributed by atoms with Gasteiger partial charge >= 0.3 is 0 Å². The number of aromatic nitrogens is 1. The van der Waals surface area contributed by atoms with Gasteiger partial charge in [-0.3, -0.25) is 4.79 Å². The van der Waals surface area contributed by atoms with Gasteiger partial charge in [0, 0.05) is 0 Å². The summed E-state index contributed by atoms with van der Waals surface area (Å²) < 4.78 is 6.07. The van der Waals surface area contributed by atoms with Crippen molar-refractivity contribution in [2.75, 3.05) is 19.0 Å². The fraction of sp³-hybridized carbons (Fsp3) is 0.200. The highest BCUT2D eigenvalue weighted by molar-refractivity contribution is 7.22. The second-order valence-electron chi connectivity index (χ2n) is 3.10. The molecule has 0 aliphatic rings. The van der Waals surface area contributed by atoms with E-state index in [1.165, 1.54) is 11.3 Å². The van der Waals surface area contributed by atoms with Crippen molar-refractivity contribution >= 4 is 45.0 Å². The molecule has 2 rings (SSSR count). The molecule has 1 aromatic carbocycles. The zero-order chi connectivity index (χ0) is 11.5. The molecule has 17 heavy (non-hydrogen) atoms. The van der Waals surface area contributed by atoms with Gasteiger partial charge in [0.1, 0.15) is 5.75 Å². The summed E-state index contributed by atoms with van der Waals surface area (Å²) in [6.07, 6.45) is 0. The molecule has 1 amide bonds. The number of rotatable bonds is 3. The number of hydrogen-bond acceptors (Lipinski definition) is 5. The summed E-state index contributed by atoms with van der Waals surface area (Å²) in [5.74, 6) is 0.527. The van der Waals surface area contributed by atoms with Crippen molar-refractivity contribution < 1.29 is 9.53 Å². The summed E-state index contributed by atoms with van der Waals surface area (Å²) in [6.45, 7) is -0.0424. The Morgan fingerprint density at radius 3 is 3.00 bits per heavy atom. The van der Waals surface area contributed by atoms with Gasteiger partial charge < -0.3 is 15.8 Å². The number of nitrogens with two attached hydrogens (primary N) is 1. The van der Waals surface area contributed by atoms with E-state index < -0.39 is 0 Å². The number of methoxy groups -OCH3 is 1. The Kier molecular flexibility index (Phi) is 4.68. The van der Waals surface area contributed by atoms with Crippen LogP contribution >= 0.6 is 23.7 Å². The van der Waals surface area contributed by atoms with Gasteiger partial charge in [0.15, 0.2) is 5.13 Å². The van der Waals surface area contributed by atoms with Crippen LogP contribution in [-0.2, 0) is 4.79 Å². The molecule has 0 unspecified atom stereocenters. The van der Waals surface area contributed by atoms with Crippen LogP contribution in [-0.4, -0.2) is 24.5 Å². The summed E-state index contributed by atoms with van der Waals surface area (Å²) in [5.41, 5.74) is 6.04. The molecule has 0 saturated heterocycles. The van der Waals surface area contributed by atoms with Gasteiger partial charge in [0.2, 0.25) is 5.91 Å². The highest BCUT2D eigenvalue weighted by Gasteiger charge is 2.07. The van der Waals surface area contributed by atoms with Gasteiger partial charge in [0.25, 0.3) is 0 Å². The molecule has 0 aliphatic carbocycles. The first kappa shape index (κ1) is 13.7. The van der Waals surface area contributed by atoms with Crippen LogP contribution in [0, 0.1) is 0 Å². The molecule has 5 nitrogen and oxygen atoms in total. The maximum atomic E-state index is 11.1.